The fourth-order valence-corrected chi connectivity index (χ4v) is 3.27. The molecule has 1 heterocycles. The highest BCUT2D eigenvalue weighted by molar-refractivity contribution is 5.84. The Bertz CT molecular complexity index is 1210. The summed E-state index contributed by atoms with van der Waals surface area (Å²) in [5.74, 6) is -0.593. The summed E-state index contributed by atoms with van der Waals surface area (Å²) in [5.41, 5.74) is 4.94. The van der Waals surface area contributed by atoms with E-state index in [1.54, 1.807) is 0 Å². The molecule has 0 fully saturated rings. The summed E-state index contributed by atoms with van der Waals surface area (Å²) in [5, 5.41) is 7.22. The first-order chi connectivity index (χ1) is 16.4. The molecule has 0 unspecified atom stereocenters. The van der Waals surface area contributed by atoms with Crippen molar-refractivity contribution in [2.75, 3.05) is 4.90 Å². The van der Waals surface area contributed by atoms with Crippen LogP contribution >= 0.6 is 0 Å². The maximum atomic E-state index is 12.6. The van der Waals surface area contributed by atoms with E-state index in [0.29, 0.717) is 0 Å². The Morgan fingerprint density at radius 3 is 1.97 bits per heavy atom. The minimum atomic E-state index is -4.55. The van der Waals surface area contributed by atoms with Gasteiger partial charge in [-0.2, -0.15) is 23.4 Å². The van der Waals surface area contributed by atoms with Crippen molar-refractivity contribution in [3.63, 3.8) is 0 Å². The van der Waals surface area contributed by atoms with Gasteiger partial charge in [0.1, 0.15) is 6.54 Å². The summed E-state index contributed by atoms with van der Waals surface area (Å²) >= 11 is 0. The first kappa shape index (κ1) is 22.8. The van der Waals surface area contributed by atoms with Crippen LogP contribution in [0.1, 0.15) is 11.3 Å². The van der Waals surface area contributed by atoms with Crippen molar-refractivity contribution in [1.29, 1.82) is 0 Å². The molecule has 172 valence electrons. The number of para-hydroxylation sites is 2. The van der Waals surface area contributed by atoms with Crippen molar-refractivity contribution in [3.8, 4) is 0 Å². The topological polar surface area (TPSA) is 62.5 Å². The summed E-state index contributed by atoms with van der Waals surface area (Å²) in [7, 11) is 0. The van der Waals surface area contributed by atoms with Gasteiger partial charge in [-0.05, 0) is 48.0 Å². The zero-order valence-corrected chi connectivity index (χ0v) is 17.9. The number of nitrogens with one attached hydrogen (secondary N) is 1. The number of hydrogen-bond acceptors (Lipinski definition) is 4. The Hall–Kier alpha value is -4.40. The first-order valence-electron chi connectivity index (χ1n) is 10.3. The summed E-state index contributed by atoms with van der Waals surface area (Å²) in [6.07, 6.45) is -2.00. The Kier molecular flexibility index (Phi) is 6.72. The van der Waals surface area contributed by atoms with Crippen molar-refractivity contribution in [1.82, 2.24) is 15.2 Å². The fraction of sp³-hybridized carbons (Fsp3) is 0.0800. The average molecular weight is 463 g/mol. The average Bonchev–Trinajstić information content (AvgIpc) is 3.31. The van der Waals surface area contributed by atoms with Gasteiger partial charge in [0.25, 0.3) is 5.91 Å². The van der Waals surface area contributed by atoms with Crippen LogP contribution in [0, 0.1) is 0 Å². The number of rotatable bonds is 7. The van der Waals surface area contributed by atoms with Gasteiger partial charge in [-0.1, -0.05) is 48.5 Å². The first-order valence-corrected chi connectivity index (χ1v) is 10.3. The predicted octanol–water partition coefficient (Wildman–Crippen LogP) is 5.52. The molecule has 3 aromatic carbocycles. The molecule has 0 aliphatic heterocycles. The zero-order chi connectivity index (χ0) is 24.0. The maximum absolute atomic E-state index is 12.6. The van der Waals surface area contributed by atoms with Crippen LogP contribution < -0.4 is 10.3 Å². The van der Waals surface area contributed by atoms with Gasteiger partial charge in [-0.15, -0.1) is 0 Å². The monoisotopic (exact) mass is 463 g/mol. The number of carbonyl (C=O) groups excluding carboxylic acids is 1. The fourth-order valence-electron chi connectivity index (χ4n) is 3.27. The molecule has 1 N–H and O–H groups in total. The van der Waals surface area contributed by atoms with Crippen LogP contribution in [0.5, 0.6) is 0 Å². The van der Waals surface area contributed by atoms with Crippen molar-refractivity contribution < 1.29 is 18.0 Å². The molecular formula is C25H20F3N5O. The minimum Gasteiger partial charge on any atom is -0.311 e. The Balaban J connectivity index is 1.41. The maximum Gasteiger partial charge on any atom is 0.435 e. The van der Waals surface area contributed by atoms with Crippen molar-refractivity contribution >= 4 is 29.2 Å². The van der Waals surface area contributed by atoms with Crippen LogP contribution in [0.2, 0.25) is 0 Å². The highest BCUT2D eigenvalue weighted by atomic mass is 19.4. The number of amides is 1. The molecule has 0 radical (unpaired) electrons. The van der Waals surface area contributed by atoms with Gasteiger partial charge in [0.15, 0.2) is 5.69 Å². The van der Waals surface area contributed by atoms with Gasteiger partial charge in [0.2, 0.25) is 0 Å². The molecule has 4 aromatic rings. The highest BCUT2D eigenvalue weighted by Crippen LogP contribution is 2.33. The zero-order valence-electron chi connectivity index (χ0n) is 17.9. The SMILES string of the molecule is O=C(Cn1ccc(C(F)(F)F)n1)N/N=C\c1ccc(N(c2ccccc2)c2ccccc2)cc1. The summed E-state index contributed by atoms with van der Waals surface area (Å²) in [6.45, 7) is -0.379. The molecule has 0 saturated carbocycles. The third-order valence-corrected chi connectivity index (χ3v) is 4.82. The molecule has 0 atom stereocenters. The lowest BCUT2D eigenvalue weighted by Crippen LogP contribution is -2.23. The molecule has 4 rings (SSSR count). The number of hydrazone groups is 1. The molecule has 9 heteroatoms. The third-order valence-electron chi connectivity index (χ3n) is 4.82. The van der Waals surface area contributed by atoms with Gasteiger partial charge in [0, 0.05) is 23.3 Å². The molecule has 1 amide bonds. The number of benzene rings is 3. The number of hydrogen-bond donors (Lipinski definition) is 1. The van der Waals surface area contributed by atoms with Crippen LogP contribution in [0.3, 0.4) is 0 Å². The second-order valence-electron chi connectivity index (χ2n) is 7.29. The van der Waals surface area contributed by atoms with E-state index in [1.807, 2.05) is 84.9 Å². The van der Waals surface area contributed by atoms with Crippen LogP contribution in [0.15, 0.2) is 102 Å². The quantitative estimate of drug-likeness (QED) is 0.290. The normalized spacial score (nSPS) is 11.5. The Labute approximate surface area is 194 Å². The highest BCUT2D eigenvalue weighted by Gasteiger charge is 2.33. The number of nitrogens with zero attached hydrogens (tertiary/aromatic N) is 4. The molecular weight excluding hydrogens is 443 g/mol. The van der Waals surface area contributed by atoms with E-state index in [9.17, 15) is 18.0 Å². The van der Waals surface area contributed by atoms with Crippen LogP contribution in [-0.2, 0) is 17.5 Å². The lowest BCUT2D eigenvalue weighted by molar-refractivity contribution is -0.141. The van der Waals surface area contributed by atoms with E-state index in [2.05, 4.69) is 20.5 Å². The molecule has 0 aliphatic rings. The van der Waals surface area contributed by atoms with E-state index < -0.39 is 17.8 Å². The van der Waals surface area contributed by atoms with E-state index in [0.717, 1.165) is 39.6 Å². The van der Waals surface area contributed by atoms with Gasteiger partial charge < -0.3 is 4.90 Å². The molecule has 0 saturated heterocycles. The van der Waals surface area contributed by atoms with Crippen LogP contribution in [0.4, 0.5) is 30.2 Å². The molecule has 6 nitrogen and oxygen atoms in total. The van der Waals surface area contributed by atoms with E-state index in [-0.39, 0.29) is 6.54 Å². The lowest BCUT2D eigenvalue weighted by Gasteiger charge is -2.25. The smallest absolute Gasteiger partial charge is 0.311 e. The largest absolute Gasteiger partial charge is 0.435 e. The second-order valence-corrected chi connectivity index (χ2v) is 7.29. The van der Waals surface area contributed by atoms with Gasteiger partial charge in [-0.25, -0.2) is 5.43 Å². The number of aromatic nitrogens is 2. The summed E-state index contributed by atoms with van der Waals surface area (Å²) < 4.78 is 38.7. The summed E-state index contributed by atoms with van der Waals surface area (Å²) in [4.78, 5) is 14.1. The number of halogens is 3. The standard InChI is InChI=1S/C25H20F3N5O/c26-25(27,28)23-15-16-32(31-23)18-24(34)30-29-17-19-11-13-22(14-12-19)33(20-7-3-1-4-8-20)21-9-5-2-6-10-21/h1-17H,18H2,(H,30,34)/b29-17-. The van der Waals surface area contributed by atoms with Crippen molar-refractivity contribution in [2.45, 2.75) is 12.7 Å². The molecule has 1 aromatic heterocycles. The Morgan fingerprint density at radius 2 is 1.44 bits per heavy atom. The molecule has 34 heavy (non-hydrogen) atoms. The number of carbonyl (C=O) groups is 1. The van der Waals surface area contributed by atoms with Crippen LogP contribution in [-0.4, -0.2) is 21.9 Å². The van der Waals surface area contributed by atoms with E-state index >= 15 is 0 Å². The minimum absolute atomic E-state index is 0.379. The van der Waals surface area contributed by atoms with Gasteiger partial charge in [-0.3, -0.25) is 9.48 Å². The number of alkyl halides is 3. The molecule has 0 aliphatic carbocycles. The third kappa shape index (κ3) is 5.69. The molecule has 0 spiro atoms. The Morgan fingerprint density at radius 1 is 0.882 bits per heavy atom. The van der Waals surface area contributed by atoms with E-state index in [4.69, 9.17) is 0 Å². The van der Waals surface area contributed by atoms with Crippen molar-refractivity contribution in [3.05, 3.63) is 108 Å². The lowest BCUT2D eigenvalue weighted by atomic mass is 10.1. The van der Waals surface area contributed by atoms with Crippen molar-refractivity contribution in [2.24, 2.45) is 5.10 Å². The van der Waals surface area contributed by atoms with Crippen LogP contribution in [0.25, 0.3) is 0 Å². The number of anilines is 3. The second kappa shape index (κ2) is 10.0. The molecule has 0 bridgehead atoms. The predicted molar refractivity (Wildman–Crippen MR) is 124 cm³/mol. The summed E-state index contributed by atoms with van der Waals surface area (Å²) in [6, 6.07) is 28.3. The van der Waals surface area contributed by atoms with Gasteiger partial charge >= 0.3 is 6.18 Å². The van der Waals surface area contributed by atoms with Gasteiger partial charge in [0.05, 0.1) is 6.21 Å². The van der Waals surface area contributed by atoms with E-state index in [1.165, 1.54) is 6.21 Å².